The zero-order valence-electron chi connectivity index (χ0n) is 12.4. The first-order valence-electron chi connectivity index (χ1n) is 7.06. The van der Waals surface area contributed by atoms with E-state index < -0.39 is 0 Å². The molecule has 108 valence electrons. The Balaban J connectivity index is 2.51. The van der Waals surface area contributed by atoms with E-state index in [4.69, 9.17) is 10.3 Å². The van der Waals surface area contributed by atoms with Gasteiger partial charge in [0, 0.05) is 18.5 Å². The van der Waals surface area contributed by atoms with Crippen LogP contribution in [-0.4, -0.2) is 17.7 Å². The third-order valence-electron chi connectivity index (χ3n) is 3.08. The summed E-state index contributed by atoms with van der Waals surface area (Å²) < 4.78 is 5.28. The number of guanidine groups is 1. The maximum atomic E-state index is 5.77. The van der Waals surface area contributed by atoms with E-state index in [1.165, 1.54) is 0 Å². The molecule has 0 amide bonds. The molecule has 1 heterocycles. The Hall–Kier alpha value is -1.52. The lowest BCUT2D eigenvalue weighted by molar-refractivity contribution is 0.372. The van der Waals surface area contributed by atoms with Gasteiger partial charge >= 0.3 is 0 Å². The maximum Gasteiger partial charge on any atom is 0.189 e. The molecule has 0 aliphatic carbocycles. The van der Waals surface area contributed by atoms with Gasteiger partial charge in [-0.05, 0) is 18.8 Å². The number of hydrogen-bond donors (Lipinski definition) is 2. The molecule has 1 aromatic rings. The minimum absolute atomic E-state index is 0.435. The van der Waals surface area contributed by atoms with Gasteiger partial charge in [0.05, 0.1) is 5.69 Å². The van der Waals surface area contributed by atoms with Gasteiger partial charge in [-0.3, -0.25) is 0 Å². The topological polar surface area (TPSA) is 76.4 Å². The fourth-order valence-corrected chi connectivity index (χ4v) is 1.83. The van der Waals surface area contributed by atoms with Crippen molar-refractivity contribution in [2.24, 2.45) is 16.6 Å². The van der Waals surface area contributed by atoms with E-state index >= 15 is 0 Å². The Bertz CT molecular complexity index is 394. The fraction of sp³-hybridized carbons (Fsp3) is 0.714. The Morgan fingerprint density at radius 3 is 2.68 bits per heavy atom. The van der Waals surface area contributed by atoms with E-state index in [-0.39, 0.29) is 0 Å². The van der Waals surface area contributed by atoms with Crippen LogP contribution in [0, 0.1) is 5.92 Å². The molecule has 0 aromatic carbocycles. The lowest BCUT2D eigenvalue weighted by Crippen LogP contribution is -2.34. The van der Waals surface area contributed by atoms with Crippen molar-refractivity contribution in [2.45, 2.75) is 53.0 Å². The number of hydrogen-bond acceptors (Lipinski definition) is 3. The molecule has 0 saturated carbocycles. The highest BCUT2D eigenvalue weighted by atomic mass is 16.5. The predicted octanol–water partition coefficient (Wildman–Crippen LogP) is 2.64. The summed E-state index contributed by atoms with van der Waals surface area (Å²) in [5.41, 5.74) is 6.78. The van der Waals surface area contributed by atoms with Gasteiger partial charge in [-0.1, -0.05) is 32.9 Å². The van der Waals surface area contributed by atoms with Crippen molar-refractivity contribution in [2.75, 3.05) is 6.54 Å². The minimum atomic E-state index is 0.435. The fourth-order valence-electron chi connectivity index (χ4n) is 1.83. The van der Waals surface area contributed by atoms with Crippen LogP contribution in [0.3, 0.4) is 0 Å². The van der Waals surface area contributed by atoms with Gasteiger partial charge in [0.15, 0.2) is 11.7 Å². The second-order valence-electron chi connectivity index (χ2n) is 5.21. The zero-order valence-corrected chi connectivity index (χ0v) is 12.4. The number of nitrogens with zero attached hydrogens (tertiary/aromatic N) is 2. The SMILES string of the molecule is CCC(CC)c1cc(CN=C(N)NCC(C)C)on1. The highest BCUT2D eigenvalue weighted by Gasteiger charge is 2.12. The molecule has 0 fully saturated rings. The molecule has 19 heavy (non-hydrogen) atoms. The van der Waals surface area contributed by atoms with Crippen molar-refractivity contribution in [1.82, 2.24) is 10.5 Å². The quantitative estimate of drug-likeness (QED) is 0.587. The van der Waals surface area contributed by atoms with Gasteiger partial charge in [-0.2, -0.15) is 0 Å². The molecule has 1 aromatic heterocycles. The second kappa shape index (κ2) is 7.81. The van der Waals surface area contributed by atoms with Crippen LogP contribution in [0.15, 0.2) is 15.6 Å². The third-order valence-corrected chi connectivity index (χ3v) is 3.08. The van der Waals surface area contributed by atoms with Gasteiger partial charge in [0.25, 0.3) is 0 Å². The number of nitrogens with one attached hydrogen (secondary N) is 1. The Morgan fingerprint density at radius 2 is 2.11 bits per heavy atom. The van der Waals surface area contributed by atoms with Gasteiger partial charge in [-0.25, -0.2) is 4.99 Å². The Labute approximate surface area is 115 Å². The summed E-state index contributed by atoms with van der Waals surface area (Å²) in [7, 11) is 0. The largest absolute Gasteiger partial charge is 0.370 e. The molecule has 0 aliphatic heterocycles. The molecular formula is C14H26N4O. The molecule has 0 saturated heterocycles. The molecule has 0 unspecified atom stereocenters. The number of rotatable bonds is 7. The summed E-state index contributed by atoms with van der Waals surface area (Å²) >= 11 is 0. The second-order valence-corrected chi connectivity index (χ2v) is 5.21. The number of aliphatic imine (C=N–C) groups is 1. The van der Waals surface area contributed by atoms with Crippen molar-refractivity contribution in [3.63, 3.8) is 0 Å². The van der Waals surface area contributed by atoms with Crippen molar-refractivity contribution >= 4 is 5.96 Å². The molecule has 0 atom stereocenters. The molecule has 0 aliphatic rings. The lowest BCUT2D eigenvalue weighted by Gasteiger charge is -2.07. The summed E-state index contributed by atoms with van der Waals surface area (Å²) in [6.45, 7) is 9.83. The summed E-state index contributed by atoms with van der Waals surface area (Å²) in [5, 5.41) is 7.17. The molecule has 0 bridgehead atoms. The smallest absolute Gasteiger partial charge is 0.189 e. The van der Waals surface area contributed by atoms with Crippen molar-refractivity contribution in [3.8, 4) is 0 Å². The van der Waals surface area contributed by atoms with E-state index in [1.807, 2.05) is 6.07 Å². The van der Waals surface area contributed by atoms with Crippen molar-refractivity contribution in [3.05, 3.63) is 17.5 Å². The van der Waals surface area contributed by atoms with Gasteiger partial charge in [0.2, 0.25) is 0 Å². The van der Waals surface area contributed by atoms with E-state index in [2.05, 4.69) is 43.2 Å². The summed E-state index contributed by atoms with van der Waals surface area (Å²) in [4.78, 5) is 4.24. The van der Waals surface area contributed by atoms with Crippen LogP contribution in [-0.2, 0) is 6.54 Å². The van der Waals surface area contributed by atoms with Crippen LogP contribution >= 0.6 is 0 Å². The van der Waals surface area contributed by atoms with Crippen LogP contribution in [0.4, 0.5) is 0 Å². The first kappa shape index (κ1) is 15.5. The summed E-state index contributed by atoms with van der Waals surface area (Å²) in [6, 6.07) is 1.98. The normalized spacial score (nSPS) is 12.4. The maximum absolute atomic E-state index is 5.77. The molecule has 3 N–H and O–H groups in total. The highest BCUT2D eigenvalue weighted by molar-refractivity contribution is 5.77. The average Bonchev–Trinajstić information content (AvgIpc) is 2.84. The van der Waals surface area contributed by atoms with E-state index in [9.17, 15) is 0 Å². The van der Waals surface area contributed by atoms with E-state index in [1.54, 1.807) is 0 Å². The van der Waals surface area contributed by atoms with Crippen LogP contribution < -0.4 is 11.1 Å². The molecule has 5 nitrogen and oxygen atoms in total. The lowest BCUT2D eigenvalue weighted by atomic mass is 9.99. The predicted molar refractivity (Wildman–Crippen MR) is 78.0 cm³/mol. The van der Waals surface area contributed by atoms with Gasteiger partial charge in [0.1, 0.15) is 6.54 Å². The Morgan fingerprint density at radius 1 is 1.42 bits per heavy atom. The minimum Gasteiger partial charge on any atom is -0.370 e. The highest BCUT2D eigenvalue weighted by Crippen LogP contribution is 2.22. The summed E-state index contributed by atoms with van der Waals surface area (Å²) in [5.74, 6) is 2.23. The standard InChI is InChI=1S/C14H26N4O/c1-5-11(6-2)13-7-12(19-18-13)9-17-14(15)16-8-10(3)4/h7,10-11H,5-6,8-9H2,1-4H3,(H3,15,16,17). The van der Waals surface area contributed by atoms with Crippen LogP contribution in [0.2, 0.25) is 0 Å². The monoisotopic (exact) mass is 266 g/mol. The molecule has 5 heteroatoms. The molecular weight excluding hydrogens is 240 g/mol. The van der Waals surface area contributed by atoms with E-state index in [0.717, 1.165) is 30.8 Å². The number of aromatic nitrogens is 1. The molecule has 0 radical (unpaired) electrons. The van der Waals surface area contributed by atoms with Gasteiger partial charge in [-0.15, -0.1) is 0 Å². The van der Waals surface area contributed by atoms with E-state index in [0.29, 0.717) is 24.3 Å². The van der Waals surface area contributed by atoms with Crippen molar-refractivity contribution in [1.29, 1.82) is 0 Å². The Kier molecular flexibility index (Phi) is 6.39. The summed E-state index contributed by atoms with van der Waals surface area (Å²) in [6.07, 6.45) is 2.15. The zero-order chi connectivity index (χ0) is 14.3. The average molecular weight is 266 g/mol. The molecule has 0 spiro atoms. The van der Waals surface area contributed by atoms with Gasteiger partial charge < -0.3 is 15.6 Å². The first-order chi connectivity index (χ1) is 9.06. The molecule has 1 rings (SSSR count). The number of nitrogens with two attached hydrogens (primary N) is 1. The third kappa shape index (κ3) is 5.32. The van der Waals surface area contributed by atoms with Crippen LogP contribution in [0.25, 0.3) is 0 Å². The first-order valence-corrected chi connectivity index (χ1v) is 7.06. The van der Waals surface area contributed by atoms with Crippen LogP contribution in [0.5, 0.6) is 0 Å². The van der Waals surface area contributed by atoms with Crippen molar-refractivity contribution < 1.29 is 4.52 Å². The van der Waals surface area contributed by atoms with Crippen LogP contribution in [0.1, 0.15) is 57.9 Å².